The molecule has 0 radical (unpaired) electrons. The van der Waals surface area contributed by atoms with E-state index in [-0.39, 0.29) is 12.1 Å². The summed E-state index contributed by atoms with van der Waals surface area (Å²) in [5, 5.41) is 7.00. The third-order valence-electron chi connectivity index (χ3n) is 4.97. The topological polar surface area (TPSA) is 53.6 Å². The molecule has 5 nitrogen and oxygen atoms in total. The van der Waals surface area contributed by atoms with Gasteiger partial charge in [0.2, 0.25) is 0 Å². The lowest BCUT2D eigenvalue weighted by Crippen LogP contribution is -2.51. The van der Waals surface area contributed by atoms with Crippen molar-refractivity contribution in [3.8, 4) is 5.75 Å². The zero-order valence-corrected chi connectivity index (χ0v) is 14.9. The van der Waals surface area contributed by atoms with Gasteiger partial charge in [-0.05, 0) is 62.9 Å². The second-order valence-electron chi connectivity index (χ2n) is 6.74. The van der Waals surface area contributed by atoms with E-state index in [0.29, 0.717) is 11.6 Å². The van der Waals surface area contributed by atoms with Crippen LogP contribution in [0.25, 0.3) is 0 Å². The first-order valence-electron chi connectivity index (χ1n) is 8.77. The van der Waals surface area contributed by atoms with Crippen LogP contribution >= 0.6 is 11.6 Å². The number of nitrogens with zero attached hydrogens (tertiary/aromatic N) is 1. The first-order chi connectivity index (χ1) is 11.7. The Kier molecular flexibility index (Phi) is 5.85. The standard InChI is InChI=1S/C18H26ClN3O2/c1-20-7-4-13-5-8-22(9-6-13)18(23)21-16-10-14-2-3-15(19)11-17(14)24-12-16/h2-3,11,13,16,20H,4-10,12H2,1H3,(H,21,23). The van der Waals surface area contributed by atoms with Crippen LogP contribution in [0, 0.1) is 5.92 Å². The smallest absolute Gasteiger partial charge is 0.317 e. The molecule has 2 aliphatic rings. The van der Waals surface area contributed by atoms with Gasteiger partial charge in [-0.3, -0.25) is 0 Å². The van der Waals surface area contributed by atoms with Gasteiger partial charge < -0.3 is 20.3 Å². The number of hydrogen-bond donors (Lipinski definition) is 2. The molecule has 0 aromatic heterocycles. The number of nitrogens with one attached hydrogen (secondary N) is 2. The number of amides is 2. The minimum atomic E-state index is 0.0215. The predicted octanol–water partition coefficient (Wildman–Crippen LogP) is 2.67. The van der Waals surface area contributed by atoms with E-state index in [0.717, 1.165) is 56.1 Å². The largest absolute Gasteiger partial charge is 0.491 e. The maximum atomic E-state index is 12.5. The Hall–Kier alpha value is -1.46. The maximum Gasteiger partial charge on any atom is 0.317 e. The first-order valence-corrected chi connectivity index (χ1v) is 9.14. The Morgan fingerprint density at radius 3 is 2.92 bits per heavy atom. The molecule has 0 bridgehead atoms. The van der Waals surface area contributed by atoms with Crippen molar-refractivity contribution >= 4 is 17.6 Å². The summed E-state index contributed by atoms with van der Waals surface area (Å²) in [6.45, 7) is 3.25. The van der Waals surface area contributed by atoms with Gasteiger partial charge in [-0.2, -0.15) is 0 Å². The van der Waals surface area contributed by atoms with Gasteiger partial charge in [-0.1, -0.05) is 17.7 Å². The molecule has 1 aromatic rings. The molecular weight excluding hydrogens is 326 g/mol. The molecule has 6 heteroatoms. The summed E-state index contributed by atoms with van der Waals surface area (Å²) in [4.78, 5) is 14.4. The van der Waals surface area contributed by atoms with Gasteiger partial charge in [0.05, 0.1) is 6.04 Å². The molecule has 1 fully saturated rings. The number of piperidine rings is 1. The van der Waals surface area contributed by atoms with Crippen LogP contribution in [-0.2, 0) is 6.42 Å². The van der Waals surface area contributed by atoms with Crippen molar-refractivity contribution in [2.45, 2.75) is 31.7 Å². The van der Waals surface area contributed by atoms with Crippen LogP contribution in [-0.4, -0.2) is 50.3 Å². The molecular formula is C18H26ClN3O2. The van der Waals surface area contributed by atoms with E-state index in [2.05, 4.69) is 10.6 Å². The van der Waals surface area contributed by atoms with Crippen molar-refractivity contribution in [1.82, 2.24) is 15.5 Å². The molecule has 0 spiro atoms. The Morgan fingerprint density at radius 2 is 2.17 bits per heavy atom. The zero-order valence-electron chi connectivity index (χ0n) is 14.2. The number of fused-ring (bicyclic) bond motifs is 1. The van der Waals surface area contributed by atoms with Crippen molar-refractivity contribution in [2.24, 2.45) is 5.92 Å². The molecule has 132 valence electrons. The molecule has 1 atom stereocenters. The van der Waals surface area contributed by atoms with Gasteiger partial charge in [0.15, 0.2) is 0 Å². The average Bonchev–Trinajstić information content (AvgIpc) is 2.60. The summed E-state index contributed by atoms with van der Waals surface area (Å²) in [5.74, 6) is 1.56. The van der Waals surface area contributed by atoms with Gasteiger partial charge in [0.1, 0.15) is 12.4 Å². The minimum Gasteiger partial charge on any atom is -0.491 e. The van der Waals surface area contributed by atoms with Crippen LogP contribution in [0.15, 0.2) is 18.2 Å². The lowest BCUT2D eigenvalue weighted by molar-refractivity contribution is 0.157. The van der Waals surface area contributed by atoms with Crippen molar-refractivity contribution in [2.75, 3.05) is 33.3 Å². The summed E-state index contributed by atoms with van der Waals surface area (Å²) in [6, 6.07) is 5.74. The molecule has 2 aliphatic heterocycles. The summed E-state index contributed by atoms with van der Waals surface area (Å²) < 4.78 is 5.74. The Bertz CT molecular complexity index is 573. The van der Waals surface area contributed by atoms with Crippen molar-refractivity contribution in [1.29, 1.82) is 0 Å². The zero-order chi connectivity index (χ0) is 16.9. The van der Waals surface area contributed by atoms with Crippen LogP contribution in [0.2, 0.25) is 5.02 Å². The molecule has 0 aliphatic carbocycles. The number of ether oxygens (including phenoxy) is 1. The molecule has 1 unspecified atom stereocenters. The van der Waals surface area contributed by atoms with Crippen LogP contribution in [0.5, 0.6) is 5.75 Å². The minimum absolute atomic E-state index is 0.0215. The van der Waals surface area contributed by atoms with E-state index in [4.69, 9.17) is 16.3 Å². The van der Waals surface area contributed by atoms with Crippen molar-refractivity contribution in [3.63, 3.8) is 0 Å². The summed E-state index contributed by atoms with van der Waals surface area (Å²) in [5.41, 5.74) is 1.10. The summed E-state index contributed by atoms with van der Waals surface area (Å²) >= 11 is 5.98. The number of rotatable bonds is 4. The summed E-state index contributed by atoms with van der Waals surface area (Å²) in [7, 11) is 1.99. The van der Waals surface area contributed by atoms with Crippen LogP contribution in [0.4, 0.5) is 4.79 Å². The van der Waals surface area contributed by atoms with Gasteiger partial charge in [0.25, 0.3) is 0 Å². The van der Waals surface area contributed by atoms with E-state index in [1.54, 1.807) is 0 Å². The van der Waals surface area contributed by atoms with Crippen LogP contribution in [0.3, 0.4) is 0 Å². The highest BCUT2D eigenvalue weighted by Gasteiger charge is 2.26. The molecule has 2 N–H and O–H groups in total. The lowest BCUT2D eigenvalue weighted by atomic mass is 9.94. The average molecular weight is 352 g/mol. The SMILES string of the molecule is CNCCC1CCN(C(=O)NC2COc3cc(Cl)ccc3C2)CC1. The third kappa shape index (κ3) is 4.33. The highest BCUT2D eigenvalue weighted by Crippen LogP contribution is 2.28. The highest BCUT2D eigenvalue weighted by atomic mass is 35.5. The van der Waals surface area contributed by atoms with Gasteiger partial charge in [0, 0.05) is 18.1 Å². The third-order valence-corrected chi connectivity index (χ3v) is 5.20. The van der Waals surface area contributed by atoms with Gasteiger partial charge in [-0.25, -0.2) is 4.79 Å². The van der Waals surface area contributed by atoms with Crippen molar-refractivity contribution in [3.05, 3.63) is 28.8 Å². The number of benzene rings is 1. The number of hydrogen-bond acceptors (Lipinski definition) is 3. The Balaban J connectivity index is 1.47. The summed E-state index contributed by atoms with van der Waals surface area (Å²) in [6.07, 6.45) is 4.17. The number of carbonyl (C=O) groups is 1. The fourth-order valence-corrected chi connectivity index (χ4v) is 3.64. The van der Waals surface area contributed by atoms with Crippen molar-refractivity contribution < 1.29 is 9.53 Å². The van der Waals surface area contributed by atoms with Gasteiger partial charge >= 0.3 is 6.03 Å². The van der Waals surface area contributed by atoms with E-state index in [1.807, 2.05) is 30.1 Å². The second kappa shape index (κ2) is 8.08. The van der Waals surface area contributed by atoms with E-state index >= 15 is 0 Å². The van der Waals surface area contributed by atoms with E-state index in [9.17, 15) is 4.79 Å². The number of urea groups is 1. The molecule has 3 rings (SSSR count). The van der Waals surface area contributed by atoms with E-state index < -0.39 is 0 Å². The number of halogens is 1. The fraction of sp³-hybridized carbons (Fsp3) is 0.611. The molecule has 1 aromatic carbocycles. The second-order valence-corrected chi connectivity index (χ2v) is 7.17. The molecule has 0 saturated carbocycles. The molecule has 1 saturated heterocycles. The molecule has 24 heavy (non-hydrogen) atoms. The Labute approximate surface area is 148 Å². The predicted molar refractivity (Wildman–Crippen MR) is 95.8 cm³/mol. The molecule has 2 heterocycles. The normalized spacial score (nSPS) is 21.1. The van der Waals surface area contributed by atoms with Crippen LogP contribution < -0.4 is 15.4 Å². The monoisotopic (exact) mass is 351 g/mol. The fourth-order valence-electron chi connectivity index (χ4n) is 3.48. The highest BCUT2D eigenvalue weighted by molar-refractivity contribution is 6.30. The van der Waals surface area contributed by atoms with Gasteiger partial charge in [-0.15, -0.1) is 0 Å². The first kappa shape index (κ1) is 17.4. The maximum absolute atomic E-state index is 12.5. The number of likely N-dealkylation sites (tertiary alicyclic amines) is 1. The quantitative estimate of drug-likeness (QED) is 0.877. The Morgan fingerprint density at radius 1 is 1.38 bits per heavy atom. The van der Waals surface area contributed by atoms with E-state index in [1.165, 1.54) is 6.42 Å². The number of carbonyl (C=O) groups excluding carboxylic acids is 1. The van der Waals surface area contributed by atoms with Crippen LogP contribution in [0.1, 0.15) is 24.8 Å². The molecule has 2 amide bonds. The lowest BCUT2D eigenvalue weighted by Gasteiger charge is -2.34.